The predicted octanol–water partition coefficient (Wildman–Crippen LogP) is 7.62. The maximum absolute atomic E-state index is 13.3. The molecule has 2 fully saturated rings. The number of amides is 2. The molecule has 3 unspecified atom stereocenters. The van der Waals surface area contributed by atoms with Crippen LogP contribution in [0.2, 0.25) is 0 Å². The molecule has 2 amide bonds. The Kier molecular flexibility index (Phi) is 12.1. The van der Waals surface area contributed by atoms with Crippen LogP contribution in [-0.4, -0.2) is 87.7 Å². The smallest absolute Gasteiger partial charge is 0.415 e. The second-order valence-electron chi connectivity index (χ2n) is 14.0. The molecular weight excluding hydrogens is 670 g/mol. The minimum Gasteiger partial charge on any atom is -0.490 e. The lowest BCUT2D eigenvalue weighted by Gasteiger charge is -2.38. The second-order valence-corrected chi connectivity index (χ2v) is 14.0. The van der Waals surface area contributed by atoms with Crippen LogP contribution in [0.15, 0.2) is 103 Å². The first-order valence-corrected chi connectivity index (χ1v) is 18.7. The van der Waals surface area contributed by atoms with Crippen LogP contribution < -0.4 is 14.4 Å². The van der Waals surface area contributed by atoms with E-state index in [2.05, 4.69) is 23.1 Å². The van der Waals surface area contributed by atoms with Crippen molar-refractivity contribution >= 4 is 17.9 Å². The fourth-order valence-electron chi connectivity index (χ4n) is 7.56. The summed E-state index contributed by atoms with van der Waals surface area (Å²) >= 11 is 0. The molecule has 3 heterocycles. The zero-order valence-electron chi connectivity index (χ0n) is 30.4. The van der Waals surface area contributed by atoms with Gasteiger partial charge in [-0.3, -0.25) is 0 Å². The molecule has 3 atom stereocenters. The number of carbonyl (C=O) groups is 2. The van der Waals surface area contributed by atoms with E-state index in [-0.39, 0.29) is 30.8 Å². The number of anilines is 1. The maximum atomic E-state index is 13.3. The molecule has 0 aliphatic carbocycles. The molecule has 7 rings (SSSR count). The first kappa shape index (κ1) is 36.3. The Morgan fingerprint density at radius 3 is 2.30 bits per heavy atom. The minimum absolute atomic E-state index is 0.0228. The highest BCUT2D eigenvalue weighted by Crippen LogP contribution is 2.36. The molecule has 278 valence electrons. The van der Waals surface area contributed by atoms with Crippen LogP contribution in [0, 0.1) is 0 Å². The molecule has 10 nitrogen and oxygen atoms in total. The van der Waals surface area contributed by atoms with E-state index in [0.717, 1.165) is 54.1 Å². The molecule has 3 aliphatic heterocycles. The molecule has 0 saturated carbocycles. The van der Waals surface area contributed by atoms with Crippen molar-refractivity contribution in [3.05, 3.63) is 125 Å². The van der Waals surface area contributed by atoms with Crippen LogP contribution in [-0.2, 0) is 27.4 Å². The van der Waals surface area contributed by atoms with E-state index in [1.165, 1.54) is 5.56 Å². The van der Waals surface area contributed by atoms with Crippen LogP contribution >= 0.6 is 0 Å². The zero-order chi connectivity index (χ0) is 36.4. The van der Waals surface area contributed by atoms with Crippen molar-refractivity contribution in [2.75, 3.05) is 64.5 Å². The van der Waals surface area contributed by atoms with E-state index < -0.39 is 0 Å². The quantitative estimate of drug-likeness (QED) is 0.138. The summed E-state index contributed by atoms with van der Waals surface area (Å²) in [6.07, 6.45) is 1.59. The average Bonchev–Trinajstić information content (AvgIpc) is 3.71. The second kappa shape index (κ2) is 17.6. The van der Waals surface area contributed by atoms with Crippen molar-refractivity contribution in [3.8, 4) is 11.5 Å². The van der Waals surface area contributed by atoms with Crippen LogP contribution in [0.25, 0.3) is 0 Å². The van der Waals surface area contributed by atoms with Crippen LogP contribution in [0.1, 0.15) is 53.4 Å². The van der Waals surface area contributed by atoms with Gasteiger partial charge in [-0.25, -0.2) is 9.59 Å². The lowest BCUT2D eigenvalue weighted by molar-refractivity contribution is -0.0246. The third-order valence-corrected chi connectivity index (χ3v) is 10.5. The van der Waals surface area contributed by atoms with Gasteiger partial charge in [-0.05, 0) is 65.8 Å². The van der Waals surface area contributed by atoms with Gasteiger partial charge in [0.05, 0.1) is 31.5 Å². The molecule has 0 N–H and O–H groups in total. The van der Waals surface area contributed by atoms with E-state index in [9.17, 15) is 9.59 Å². The molecule has 0 spiro atoms. The third kappa shape index (κ3) is 9.30. The first-order chi connectivity index (χ1) is 26.0. The number of ether oxygens (including phenoxy) is 5. The lowest BCUT2D eigenvalue weighted by atomic mass is 9.87. The Labute approximate surface area is 312 Å². The number of hydrogen-bond acceptors (Lipinski definition) is 8. The number of nitrogens with zero attached hydrogens (tertiary/aromatic N) is 3. The number of benzene rings is 4. The minimum atomic E-state index is -0.350. The van der Waals surface area contributed by atoms with Gasteiger partial charge in [-0.15, -0.1) is 0 Å². The Morgan fingerprint density at radius 2 is 1.51 bits per heavy atom. The Morgan fingerprint density at radius 1 is 0.755 bits per heavy atom. The van der Waals surface area contributed by atoms with Crippen molar-refractivity contribution < 1.29 is 33.3 Å². The normalized spacial score (nSPS) is 19.7. The van der Waals surface area contributed by atoms with Crippen molar-refractivity contribution in [1.82, 2.24) is 9.80 Å². The number of carbonyl (C=O) groups excluding carboxylic acids is 2. The molecule has 3 aliphatic rings. The van der Waals surface area contributed by atoms with Gasteiger partial charge in [0, 0.05) is 51.7 Å². The summed E-state index contributed by atoms with van der Waals surface area (Å²) in [6.45, 7) is 5.92. The van der Waals surface area contributed by atoms with E-state index >= 15 is 0 Å². The summed E-state index contributed by atoms with van der Waals surface area (Å²) in [6, 6.07) is 34.0. The van der Waals surface area contributed by atoms with Crippen LogP contribution in [0.4, 0.5) is 15.3 Å². The van der Waals surface area contributed by atoms with Crippen molar-refractivity contribution in [3.63, 3.8) is 0 Å². The molecule has 0 radical (unpaired) electrons. The maximum Gasteiger partial charge on any atom is 0.415 e. The van der Waals surface area contributed by atoms with Gasteiger partial charge in [0.25, 0.3) is 0 Å². The standard InChI is InChI=1S/C43H49N3O7/c1-49-25-8-21-44-24-26-50-40-18-13-33(27-39(40)44)31-51-41-29-46(42(47)52-30-32-9-4-2-5-10-32)23-20-38(41)35-14-16-37(17-15-35)53-43(48)45-22-19-36(28-45)34-11-6-3-7-12-34/h2-7,9-18,27,36,38,41H,8,19-26,28-31H2,1H3. The highest BCUT2D eigenvalue weighted by Gasteiger charge is 2.35. The Hall–Kier alpha value is -5.06. The van der Waals surface area contributed by atoms with E-state index in [1.54, 1.807) is 16.9 Å². The van der Waals surface area contributed by atoms with Crippen LogP contribution in [0.5, 0.6) is 11.5 Å². The Bertz CT molecular complexity index is 1790. The fraction of sp³-hybridized carbons (Fsp3) is 0.395. The number of piperidine rings is 1. The predicted molar refractivity (Wildman–Crippen MR) is 203 cm³/mol. The molecule has 4 aromatic carbocycles. The molecule has 10 heteroatoms. The number of likely N-dealkylation sites (tertiary alicyclic amines) is 2. The molecule has 53 heavy (non-hydrogen) atoms. The van der Waals surface area contributed by atoms with Crippen LogP contribution in [0.3, 0.4) is 0 Å². The van der Waals surface area contributed by atoms with E-state index in [1.807, 2.05) is 84.9 Å². The highest BCUT2D eigenvalue weighted by atomic mass is 16.6. The monoisotopic (exact) mass is 719 g/mol. The van der Waals surface area contributed by atoms with E-state index in [0.29, 0.717) is 64.1 Å². The summed E-state index contributed by atoms with van der Waals surface area (Å²) < 4.78 is 29.5. The van der Waals surface area contributed by atoms with Gasteiger partial charge in [0.15, 0.2) is 0 Å². The van der Waals surface area contributed by atoms with Gasteiger partial charge < -0.3 is 38.4 Å². The van der Waals surface area contributed by atoms with Gasteiger partial charge in [-0.2, -0.15) is 0 Å². The lowest BCUT2D eigenvalue weighted by Crippen LogP contribution is -2.47. The van der Waals surface area contributed by atoms with Gasteiger partial charge in [0.1, 0.15) is 24.7 Å². The fourth-order valence-corrected chi connectivity index (χ4v) is 7.56. The summed E-state index contributed by atoms with van der Waals surface area (Å²) in [5.74, 6) is 1.73. The molecule has 0 bridgehead atoms. The topological polar surface area (TPSA) is 90.0 Å². The first-order valence-electron chi connectivity index (χ1n) is 18.7. The van der Waals surface area contributed by atoms with Crippen molar-refractivity contribution in [2.45, 2.75) is 50.4 Å². The van der Waals surface area contributed by atoms with Crippen molar-refractivity contribution in [2.24, 2.45) is 0 Å². The van der Waals surface area contributed by atoms with Crippen molar-refractivity contribution in [1.29, 1.82) is 0 Å². The summed E-state index contributed by atoms with van der Waals surface area (Å²) in [7, 11) is 1.73. The summed E-state index contributed by atoms with van der Waals surface area (Å²) in [4.78, 5) is 32.2. The Balaban J connectivity index is 1.01. The SMILES string of the molecule is COCCCN1CCOc2ccc(COC3CN(C(=O)OCc4ccccc4)CCC3c3ccc(OC(=O)N4CCC(c5ccccc5)C4)cc3)cc21. The molecular formula is C43H49N3O7. The summed E-state index contributed by atoms with van der Waals surface area (Å²) in [5.41, 5.74) is 5.36. The number of hydrogen-bond donors (Lipinski definition) is 0. The number of fused-ring (bicyclic) bond motifs is 1. The average molecular weight is 720 g/mol. The van der Waals surface area contributed by atoms with E-state index in [4.69, 9.17) is 23.7 Å². The molecule has 0 aromatic heterocycles. The summed E-state index contributed by atoms with van der Waals surface area (Å²) in [5, 5.41) is 0. The van der Waals surface area contributed by atoms with Gasteiger partial charge in [-0.1, -0.05) is 78.9 Å². The zero-order valence-corrected chi connectivity index (χ0v) is 30.4. The largest absolute Gasteiger partial charge is 0.490 e. The van der Waals surface area contributed by atoms with Gasteiger partial charge >= 0.3 is 12.2 Å². The third-order valence-electron chi connectivity index (χ3n) is 10.5. The molecule has 4 aromatic rings. The van der Waals surface area contributed by atoms with Gasteiger partial charge in [0.2, 0.25) is 0 Å². The molecule has 2 saturated heterocycles. The number of methoxy groups -OCH3 is 1. The highest BCUT2D eigenvalue weighted by molar-refractivity contribution is 5.71. The number of rotatable bonds is 12.